The quantitative estimate of drug-likeness (QED) is 0.772. The van der Waals surface area contributed by atoms with Gasteiger partial charge in [0.2, 0.25) is 0 Å². The second-order valence-corrected chi connectivity index (χ2v) is 4.93. The minimum absolute atomic E-state index is 0.240. The highest BCUT2D eigenvalue weighted by atomic mass is 16.5. The fourth-order valence-corrected chi connectivity index (χ4v) is 2.34. The van der Waals surface area contributed by atoms with Crippen molar-refractivity contribution in [2.75, 3.05) is 7.11 Å². The average molecular weight is 213 g/mol. The molecule has 0 amide bonds. The molecule has 1 aromatic rings. The number of hydrogen-bond acceptors (Lipinski definition) is 2. The highest BCUT2D eigenvalue weighted by molar-refractivity contribution is 5.50. The lowest BCUT2D eigenvalue weighted by Gasteiger charge is -2.13. The molecule has 0 unspecified atom stereocenters. The Morgan fingerprint density at radius 1 is 1.38 bits per heavy atom. The number of methoxy groups -OCH3 is 1. The van der Waals surface area contributed by atoms with Gasteiger partial charge in [-0.2, -0.15) is 5.26 Å². The minimum Gasteiger partial charge on any atom is -0.496 e. The Bertz CT molecular complexity index is 464. The molecule has 0 N–H and O–H groups in total. The molecule has 0 heterocycles. The van der Waals surface area contributed by atoms with Crippen LogP contribution in [0.4, 0.5) is 0 Å². The molecule has 0 bridgehead atoms. The predicted octanol–water partition coefficient (Wildman–Crippen LogP) is 3.13. The molecule has 0 radical (unpaired) electrons. The summed E-state index contributed by atoms with van der Waals surface area (Å²) in [5, 5.41) is 9.27. The Morgan fingerprint density at radius 2 is 2.12 bits per heavy atom. The number of nitrogens with zero attached hydrogens (tertiary/aromatic N) is 1. The van der Waals surface area contributed by atoms with Crippen LogP contribution >= 0.6 is 0 Å². The highest BCUT2D eigenvalue weighted by Crippen LogP contribution is 2.52. The van der Waals surface area contributed by atoms with Crippen LogP contribution < -0.4 is 4.74 Å². The Balaban J connectivity index is 2.06. The minimum atomic E-state index is -0.240. The van der Waals surface area contributed by atoms with Gasteiger partial charge < -0.3 is 4.74 Å². The molecule has 3 rings (SSSR count). The zero-order valence-corrected chi connectivity index (χ0v) is 9.49. The third-order valence-corrected chi connectivity index (χ3v) is 3.75. The number of benzene rings is 1. The Labute approximate surface area is 95.8 Å². The summed E-state index contributed by atoms with van der Waals surface area (Å²) in [7, 11) is 1.68. The van der Waals surface area contributed by atoms with E-state index in [0.29, 0.717) is 0 Å². The van der Waals surface area contributed by atoms with Crippen molar-refractivity contribution >= 4 is 0 Å². The van der Waals surface area contributed by atoms with Crippen LogP contribution in [0.15, 0.2) is 18.2 Å². The van der Waals surface area contributed by atoms with E-state index in [4.69, 9.17) is 4.74 Å². The molecular formula is C14H15NO. The van der Waals surface area contributed by atoms with Crippen molar-refractivity contribution in [1.82, 2.24) is 0 Å². The van der Waals surface area contributed by atoms with Crippen LogP contribution in [0.1, 0.15) is 42.7 Å². The molecule has 0 aliphatic heterocycles. The lowest BCUT2D eigenvalue weighted by atomic mass is 9.93. The maximum absolute atomic E-state index is 9.27. The van der Waals surface area contributed by atoms with Crippen molar-refractivity contribution in [1.29, 1.82) is 5.26 Å². The fraction of sp³-hybridized carbons (Fsp3) is 0.500. The molecule has 2 fully saturated rings. The number of hydrogen-bond donors (Lipinski definition) is 0. The molecule has 0 saturated heterocycles. The van der Waals surface area contributed by atoms with Crippen molar-refractivity contribution in [3.8, 4) is 11.8 Å². The predicted molar refractivity (Wildman–Crippen MR) is 61.5 cm³/mol. The van der Waals surface area contributed by atoms with Crippen molar-refractivity contribution in [2.45, 2.75) is 37.0 Å². The summed E-state index contributed by atoms with van der Waals surface area (Å²) in [6, 6.07) is 8.83. The van der Waals surface area contributed by atoms with Gasteiger partial charge in [-0.05, 0) is 43.2 Å². The van der Waals surface area contributed by atoms with Gasteiger partial charge in [0.05, 0.1) is 18.6 Å². The fourth-order valence-electron chi connectivity index (χ4n) is 2.34. The van der Waals surface area contributed by atoms with Gasteiger partial charge in [0.1, 0.15) is 5.75 Å². The average Bonchev–Trinajstić information content (AvgIpc) is 3.19. The van der Waals surface area contributed by atoms with Gasteiger partial charge in [0, 0.05) is 5.56 Å². The van der Waals surface area contributed by atoms with E-state index in [9.17, 15) is 5.26 Å². The summed E-state index contributed by atoms with van der Waals surface area (Å²) in [5.74, 6) is 1.61. The van der Waals surface area contributed by atoms with Gasteiger partial charge in [-0.25, -0.2) is 0 Å². The van der Waals surface area contributed by atoms with Crippen molar-refractivity contribution < 1.29 is 4.74 Å². The van der Waals surface area contributed by atoms with Crippen molar-refractivity contribution in [3.63, 3.8) is 0 Å². The topological polar surface area (TPSA) is 33.0 Å². The van der Waals surface area contributed by atoms with E-state index in [0.717, 1.165) is 30.1 Å². The van der Waals surface area contributed by atoms with Gasteiger partial charge >= 0.3 is 0 Å². The smallest absolute Gasteiger partial charge is 0.123 e. The van der Waals surface area contributed by atoms with E-state index in [1.54, 1.807) is 7.11 Å². The summed E-state index contributed by atoms with van der Waals surface area (Å²) in [6.07, 6.45) is 4.55. The molecule has 0 aromatic heterocycles. The Morgan fingerprint density at radius 3 is 2.62 bits per heavy atom. The number of rotatable bonds is 3. The zero-order chi connectivity index (χ0) is 11.2. The summed E-state index contributed by atoms with van der Waals surface area (Å²) in [6.45, 7) is 0. The zero-order valence-electron chi connectivity index (χ0n) is 9.49. The van der Waals surface area contributed by atoms with Crippen molar-refractivity contribution in [3.05, 3.63) is 29.3 Å². The Kier molecular flexibility index (Phi) is 1.97. The summed E-state index contributed by atoms with van der Waals surface area (Å²) in [4.78, 5) is 0. The van der Waals surface area contributed by atoms with E-state index >= 15 is 0 Å². The molecule has 2 aliphatic carbocycles. The first kappa shape index (κ1) is 9.72. The lowest BCUT2D eigenvalue weighted by molar-refractivity contribution is 0.407. The third kappa shape index (κ3) is 1.39. The van der Waals surface area contributed by atoms with Gasteiger partial charge in [-0.15, -0.1) is 0 Å². The van der Waals surface area contributed by atoms with Crippen LogP contribution in [-0.4, -0.2) is 7.11 Å². The first-order chi connectivity index (χ1) is 7.79. The summed E-state index contributed by atoms with van der Waals surface area (Å²) >= 11 is 0. The van der Waals surface area contributed by atoms with E-state index in [2.05, 4.69) is 18.2 Å². The van der Waals surface area contributed by atoms with E-state index in [1.165, 1.54) is 18.4 Å². The molecule has 2 nitrogen and oxygen atoms in total. The van der Waals surface area contributed by atoms with Crippen LogP contribution in [0.2, 0.25) is 0 Å². The van der Waals surface area contributed by atoms with Gasteiger partial charge in [0.15, 0.2) is 0 Å². The highest BCUT2D eigenvalue weighted by Gasteiger charge is 2.47. The monoisotopic (exact) mass is 213 g/mol. The normalized spacial score (nSPS) is 21.2. The first-order valence-electron chi connectivity index (χ1n) is 5.89. The molecule has 1 aromatic carbocycles. The van der Waals surface area contributed by atoms with E-state index in [1.807, 2.05) is 6.07 Å². The largest absolute Gasteiger partial charge is 0.496 e. The second kappa shape index (κ2) is 3.25. The van der Waals surface area contributed by atoms with Crippen LogP contribution in [0, 0.1) is 11.3 Å². The Hall–Kier alpha value is -1.49. The van der Waals surface area contributed by atoms with Gasteiger partial charge in [0.25, 0.3) is 0 Å². The number of nitriles is 1. The first-order valence-corrected chi connectivity index (χ1v) is 5.89. The molecule has 0 spiro atoms. The standard InChI is InChI=1S/C14H15NO/c1-16-13-5-4-11(10-2-3-10)8-12(13)14(9-15)6-7-14/h4-5,8,10H,2-3,6-7H2,1H3. The number of ether oxygens (including phenoxy) is 1. The summed E-state index contributed by atoms with van der Waals surface area (Å²) < 4.78 is 5.38. The van der Waals surface area contributed by atoms with Crippen LogP contribution in [0.25, 0.3) is 0 Å². The molecule has 16 heavy (non-hydrogen) atoms. The molecule has 2 heteroatoms. The van der Waals surface area contributed by atoms with Crippen LogP contribution in [0.3, 0.4) is 0 Å². The maximum Gasteiger partial charge on any atom is 0.123 e. The second-order valence-electron chi connectivity index (χ2n) is 4.93. The van der Waals surface area contributed by atoms with Crippen LogP contribution in [0.5, 0.6) is 5.75 Å². The van der Waals surface area contributed by atoms with E-state index < -0.39 is 0 Å². The van der Waals surface area contributed by atoms with Crippen LogP contribution in [-0.2, 0) is 5.41 Å². The SMILES string of the molecule is COc1ccc(C2CC2)cc1C1(C#N)CC1. The molecule has 2 aliphatic rings. The maximum atomic E-state index is 9.27. The van der Waals surface area contributed by atoms with E-state index in [-0.39, 0.29) is 5.41 Å². The molecular weight excluding hydrogens is 198 g/mol. The van der Waals surface area contributed by atoms with Gasteiger partial charge in [-0.3, -0.25) is 0 Å². The van der Waals surface area contributed by atoms with Crippen molar-refractivity contribution in [2.24, 2.45) is 0 Å². The molecule has 82 valence electrons. The molecule has 0 atom stereocenters. The summed E-state index contributed by atoms with van der Waals surface area (Å²) in [5.41, 5.74) is 2.26. The third-order valence-electron chi connectivity index (χ3n) is 3.75. The molecule has 2 saturated carbocycles. The lowest BCUT2D eigenvalue weighted by Crippen LogP contribution is -2.06. The van der Waals surface area contributed by atoms with Gasteiger partial charge in [-0.1, -0.05) is 12.1 Å².